The predicted molar refractivity (Wildman–Crippen MR) is 67.7 cm³/mol. The highest BCUT2D eigenvalue weighted by atomic mass is 16.5. The summed E-state index contributed by atoms with van der Waals surface area (Å²) in [5, 5.41) is 11.4. The summed E-state index contributed by atoms with van der Waals surface area (Å²) in [6, 6.07) is 6.64. The van der Waals surface area contributed by atoms with Gasteiger partial charge < -0.3 is 9.84 Å². The highest BCUT2D eigenvalue weighted by molar-refractivity contribution is 5.85. The molecular weight excluding hydrogens is 234 g/mol. The smallest absolute Gasteiger partial charge is 0.411 e. The van der Waals surface area contributed by atoms with Crippen LogP contribution < -0.4 is 5.32 Å². The summed E-state index contributed by atoms with van der Waals surface area (Å²) < 4.78 is 4.76. The number of ether oxygens (including phenoxy) is 1. The number of hydrogen-bond acceptors (Lipinski definition) is 3. The van der Waals surface area contributed by atoms with Crippen LogP contribution in [0.5, 0.6) is 0 Å². The van der Waals surface area contributed by atoms with Crippen molar-refractivity contribution >= 4 is 17.7 Å². The Balaban J connectivity index is 2.73. The lowest BCUT2D eigenvalue weighted by molar-refractivity contribution is -0.138. The third-order valence-corrected chi connectivity index (χ3v) is 2.34. The quantitative estimate of drug-likeness (QED) is 0.786. The Hall–Kier alpha value is -2.30. The number of rotatable bonds is 5. The summed E-state index contributed by atoms with van der Waals surface area (Å²) in [4.78, 5) is 22.1. The molecule has 96 valence electrons. The molecule has 0 radical (unpaired) electrons. The van der Waals surface area contributed by atoms with Crippen LogP contribution in [-0.4, -0.2) is 23.8 Å². The fraction of sp³-hybridized carbons (Fsp3) is 0.231. The molecule has 2 N–H and O–H groups in total. The van der Waals surface area contributed by atoms with E-state index in [1.807, 2.05) is 0 Å². The summed E-state index contributed by atoms with van der Waals surface area (Å²) in [5.41, 5.74) is 1.11. The van der Waals surface area contributed by atoms with Gasteiger partial charge in [-0.1, -0.05) is 24.8 Å². The first-order valence-electron chi connectivity index (χ1n) is 5.42. The number of benzene rings is 1. The van der Waals surface area contributed by atoms with Gasteiger partial charge in [-0.05, 0) is 24.6 Å². The first-order valence-corrected chi connectivity index (χ1v) is 5.42. The lowest BCUT2D eigenvalue weighted by Gasteiger charge is -2.09. The number of carboxylic acids is 1. The third-order valence-electron chi connectivity index (χ3n) is 2.34. The molecule has 1 atom stereocenters. The van der Waals surface area contributed by atoms with Gasteiger partial charge >= 0.3 is 12.1 Å². The average Bonchev–Trinajstić information content (AvgIpc) is 2.35. The highest BCUT2D eigenvalue weighted by Crippen LogP contribution is 2.19. The van der Waals surface area contributed by atoms with Crippen molar-refractivity contribution < 1.29 is 19.4 Å². The molecule has 1 unspecified atom stereocenters. The summed E-state index contributed by atoms with van der Waals surface area (Å²) in [6.07, 6.45) is 0.859. The van der Waals surface area contributed by atoms with Crippen molar-refractivity contribution in [2.45, 2.75) is 12.8 Å². The maximum absolute atomic E-state index is 11.3. The number of nitrogens with one attached hydrogen (secondary N) is 1. The van der Waals surface area contributed by atoms with Gasteiger partial charge in [-0.15, -0.1) is 0 Å². The molecule has 1 rings (SSSR count). The minimum Gasteiger partial charge on any atom is -0.481 e. The molecule has 0 saturated heterocycles. The van der Waals surface area contributed by atoms with E-state index < -0.39 is 18.0 Å². The van der Waals surface area contributed by atoms with Gasteiger partial charge in [0.15, 0.2) is 0 Å². The SMILES string of the molecule is C=CCOC(=O)Nc1cccc(C(C)C(=O)O)c1. The molecule has 0 fully saturated rings. The second-order valence-electron chi connectivity index (χ2n) is 3.70. The minimum absolute atomic E-state index is 0.122. The van der Waals surface area contributed by atoms with Gasteiger partial charge in [0.2, 0.25) is 0 Å². The molecule has 1 aromatic carbocycles. The number of hydrogen-bond donors (Lipinski definition) is 2. The van der Waals surface area contributed by atoms with Gasteiger partial charge in [-0.25, -0.2) is 4.79 Å². The number of anilines is 1. The van der Waals surface area contributed by atoms with Crippen LogP contribution >= 0.6 is 0 Å². The second-order valence-corrected chi connectivity index (χ2v) is 3.70. The van der Waals surface area contributed by atoms with Crippen molar-refractivity contribution in [3.05, 3.63) is 42.5 Å². The van der Waals surface area contributed by atoms with Crippen molar-refractivity contribution in [3.8, 4) is 0 Å². The van der Waals surface area contributed by atoms with E-state index >= 15 is 0 Å². The number of carbonyl (C=O) groups is 2. The van der Waals surface area contributed by atoms with Gasteiger partial charge in [0.1, 0.15) is 6.61 Å². The molecule has 0 saturated carbocycles. The zero-order chi connectivity index (χ0) is 13.5. The molecule has 0 spiro atoms. The van der Waals surface area contributed by atoms with Crippen LogP contribution in [0.15, 0.2) is 36.9 Å². The molecular formula is C13H15NO4. The number of carboxylic acid groups (broad SMARTS) is 1. The van der Waals surface area contributed by atoms with Crippen LogP contribution in [-0.2, 0) is 9.53 Å². The van der Waals surface area contributed by atoms with Crippen molar-refractivity contribution in [1.29, 1.82) is 0 Å². The molecule has 0 heterocycles. The molecule has 0 bridgehead atoms. The average molecular weight is 249 g/mol. The van der Waals surface area contributed by atoms with Crippen molar-refractivity contribution in [2.75, 3.05) is 11.9 Å². The van der Waals surface area contributed by atoms with Crippen LogP contribution in [0, 0.1) is 0 Å². The molecule has 0 aliphatic carbocycles. The maximum Gasteiger partial charge on any atom is 0.411 e. The fourth-order valence-electron chi connectivity index (χ4n) is 1.32. The van der Waals surface area contributed by atoms with Gasteiger partial charge in [0, 0.05) is 5.69 Å². The first kappa shape index (κ1) is 13.8. The number of carbonyl (C=O) groups excluding carboxylic acids is 1. The van der Waals surface area contributed by atoms with E-state index in [1.54, 1.807) is 31.2 Å². The van der Waals surface area contributed by atoms with E-state index in [0.29, 0.717) is 11.3 Å². The topological polar surface area (TPSA) is 75.6 Å². The lowest BCUT2D eigenvalue weighted by atomic mass is 10.0. The van der Waals surface area contributed by atoms with Gasteiger partial charge in [-0.2, -0.15) is 0 Å². The monoisotopic (exact) mass is 249 g/mol. The third kappa shape index (κ3) is 3.93. The van der Waals surface area contributed by atoms with Crippen LogP contribution in [0.4, 0.5) is 10.5 Å². The number of amides is 1. The van der Waals surface area contributed by atoms with E-state index in [2.05, 4.69) is 11.9 Å². The zero-order valence-electron chi connectivity index (χ0n) is 10.1. The van der Waals surface area contributed by atoms with Gasteiger partial charge in [0.05, 0.1) is 5.92 Å². The summed E-state index contributed by atoms with van der Waals surface area (Å²) in [7, 11) is 0. The largest absolute Gasteiger partial charge is 0.481 e. The predicted octanol–water partition coefficient (Wildman–Crippen LogP) is 2.61. The minimum atomic E-state index is -0.915. The molecule has 18 heavy (non-hydrogen) atoms. The van der Waals surface area contributed by atoms with Gasteiger partial charge in [0.25, 0.3) is 0 Å². The van der Waals surface area contributed by atoms with Crippen LogP contribution in [0.3, 0.4) is 0 Å². The van der Waals surface area contributed by atoms with Crippen LogP contribution in [0.2, 0.25) is 0 Å². The molecule has 0 aliphatic rings. The highest BCUT2D eigenvalue weighted by Gasteiger charge is 2.14. The van der Waals surface area contributed by atoms with Crippen molar-refractivity contribution in [1.82, 2.24) is 0 Å². The maximum atomic E-state index is 11.3. The Labute approximate surface area is 105 Å². The molecule has 5 heteroatoms. The Kier molecular flexibility index (Phi) is 4.92. The van der Waals surface area contributed by atoms with E-state index in [0.717, 1.165) is 0 Å². The molecule has 1 amide bonds. The zero-order valence-corrected chi connectivity index (χ0v) is 10.1. The molecule has 0 aromatic heterocycles. The molecule has 5 nitrogen and oxygen atoms in total. The van der Waals surface area contributed by atoms with E-state index in [9.17, 15) is 9.59 Å². The van der Waals surface area contributed by atoms with E-state index in [4.69, 9.17) is 9.84 Å². The molecule has 0 aliphatic heterocycles. The van der Waals surface area contributed by atoms with E-state index in [1.165, 1.54) is 6.08 Å². The van der Waals surface area contributed by atoms with Crippen molar-refractivity contribution in [2.24, 2.45) is 0 Å². The Morgan fingerprint density at radius 3 is 2.89 bits per heavy atom. The Morgan fingerprint density at radius 1 is 1.56 bits per heavy atom. The first-order chi connectivity index (χ1) is 8.54. The normalized spacial score (nSPS) is 11.4. The summed E-state index contributed by atoms with van der Waals surface area (Å²) in [6.45, 7) is 5.13. The van der Waals surface area contributed by atoms with Crippen LogP contribution in [0.1, 0.15) is 18.4 Å². The Morgan fingerprint density at radius 2 is 2.28 bits per heavy atom. The van der Waals surface area contributed by atoms with E-state index in [-0.39, 0.29) is 6.61 Å². The van der Waals surface area contributed by atoms with Crippen molar-refractivity contribution in [3.63, 3.8) is 0 Å². The standard InChI is InChI=1S/C13H15NO4/c1-3-7-18-13(17)14-11-6-4-5-10(8-11)9(2)12(15)16/h3-6,8-9H,1,7H2,2H3,(H,14,17)(H,15,16). The number of aliphatic carboxylic acids is 1. The Bertz CT molecular complexity index is 456. The summed E-state index contributed by atoms with van der Waals surface area (Å²) >= 11 is 0. The van der Waals surface area contributed by atoms with Gasteiger partial charge in [-0.3, -0.25) is 10.1 Å². The van der Waals surface area contributed by atoms with Crippen LogP contribution in [0.25, 0.3) is 0 Å². The fourth-order valence-corrected chi connectivity index (χ4v) is 1.32. The molecule has 1 aromatic rings. The summed E-state index contributed by atoms with van der Waals surface area (Å²) in [5.74, 6) is -1.54. The second kappa shape index (κ2) is 6.44. The lowest BCUT2D eigenvalue weighted by Crippen LogP contribution is -2.14.